The van der Waals surface area contributed by atoms with Crippen LogP contribution in [0.1, 0.15) is 5.69 Å². The third-order valence-electron chi connectivity index (χ3n) is 2.41. The molecule has 0 unspecified atom stereocenters. The van der Waals surface area contributed by atoms with Gasteiger partial charge in [-0.2, -0.15) is 0 Å². The van der Waals surface area contributed by atoms with Crippen molar-refractivity contribution >= 4 is 38.6 Å². The van der Waals surface area contributed by atoms with Crippen molar-refractivity contribution in [3.8, 4) is 10.6 Å². The Morgan fingerprint density at radius 3 is 2.94 bits per heavy atom. The molecule has 6 heteroatoms. The number of ether oxygens (including phenoxy) is 1. The number of rotatable bonds is 7. The van der Waals surface area contributed by atoms with E-state index in [1.807, 2.05) is 0 Å². The number of nitrogens with zero attached hydrogens (tertiary/aromatic N) is 1. The van der Waals surface area contributed by atoms with E-state index in [4.69, 9.17) is 4.74 Å². The molecule has 0 saturated heterocycles. The van der Waals surface area contributed by atoms with Gasteiger partial charge < -0.3 is 10.1 Å². The van der Waals surface area contributed by atoms with E-state index >= 15 is 0 Å². The van der Waals surface area contributed by atoms with Crippen molar-refractivity contribution in [2.24, 2.45) is 0 Å². The van der Waals surface area contributed by atoms with Crippen LogP contribution in [0.15, 0.2) is 20.6 Å². The lowest BCUT2D eigenvalue weighted by atomic mass is 10.3. The van der Waals surface area contributed by atoms with Gasteiger partial charge in [0.05, 0.1) is 16.1 Å². The predicted molar refractivity (Wildman–Crippen MR) is 81.6 cm³/mol. The number of aromatic nitrogens is 1. The van der Waals surface area contributed by atoms with Crippen molar-refractivity contribution in [2.45, 2.75) is 6.42 Å². The highest BCUT2D eigenvalue weighted by molar-refractivity contribution is 9.11. The van der Waals surface area contributed by atoms with Gasteiger partial charge in [0, 0.05) is 42.9 Å². The van der Waals surface area contributed by atoms with E-state index in [-0.39, 0.29) is 0 Å². The fraction of sp³-hybridized carbons (Fsp3) is 0.417. The zero-order valence-electron chi connectivity index (χ0n) is 10.1. The molecule has 0 radical (unpaired) electrons. The second-order valence-electron chi connectivity index (χ2n) is 3.78. The molecule has 2 heterocycles. The normalized spacial score (nSPS) is 11.0. The fourth-order valence-corrected chi connectivity index (χ4v) is 3.55. The summed E-state index contributed by atoms with van der Waals surface area (Å²) in [6.07, 6.45) is 0.964. The highest BCUT2D eigenvalue weighted by Gasteiger charge is 2.06. The van der Waals surface area contributed by atoms with Crippen LogP contribution in [0.3, 0.4) is 0 Å². The highest BCUT2D eigenvalue weighted by Crippen LogP contribution is 2.30. The Hall–Kier alpha value is -0.270. The fourth-order valence-electron chi connectivity index (χ4n) is 1.49. The number of thiophene rings is 1. The summed E-state index contributed by atoms with van der Waals surface area (Å²) in [7, 11) is 1.72. The summed E-state index contributed by atoms with van der Waals surface area (Å²) in [5.41, 5.74) is 2.36. The molecule has 1 N–H and O–H groups in total. The highest BCUT2D eigenvalue weighted by atomic mass is 79.9. The molecule has 2 rings (SSSR count). The van der Waals surface area contributed by atoms with Gasteiger partial charge in [0.25, 0.3) is 0 Å². The number of methoxy groups -OCH3 is 1. The molecule has 98 valence electrons. The van der Waals surface area contributed by atoms with Crippen molar-refractivity contribution in [1.82, 2.24) is 10.3 Å². The number of thiazole rings is 1. The molecule has 0 saturated carbocycles. The Labute approximate surface area is 123 Å². The SMILES string of the molecule is COCCNCCc1csc(-c2csc(Br)c2)n1. The van der Waals surface area contributed by atoms with Crippen LogP contribution >= 0.6 is 38.6 Å². The molecule has 0 spiro atoms. The van der Waals surface area contributed by atoms with Gasteiger partial charge in [0.15, 0.2) is 0 Å². The smallest absolute Gasteiger partial charge is 0.124 e. The van der Waals surface area contributed by atoms with E-state index in [0.29, 0.717) is 0 Å². The van der Waals surface area contributed by atoms with Gasteiger partial charge in [-0.25, -0.2) is 4.98 Å². The molecule has 0 aliphatic carbocycles. The molecule has 0 fully saturated rings. The third kappa shape index (κ3) is 4.13. The Bertz CT molecular complexity index is 484. The largest absolute Gasteiger partial charge is 0.383 e. The first-order valence-corrected chi connectivity index (χ1v) is 8.23. The van der Waals surface area contributed by atoms with Crippen LogP contribution in [-0.2, 0) is 11.2 Å². The summed E-state index contributed by atoms with van der Waals surface area (Å²) in [4.78, 5) is 4.64. The van der Waals surface area contributed by atoms with Crippen LogP contribution in [0.2, 0.25) is 0 Å². The number of hydrogen-bond acceptors (Lipinski definition) is 5. The summed E-state index contributed by atoms with van der Waals surface area (Å²) in [5, 5.41) is 8.69. The summed E-state index contributed by atoms with van der Waals surface area (Å²) in [5.74, 6) is 0. The first kappa shape index (κ1) is 14.1. The average Bonchev–Trinajstić information content (AvgIpc) is 2.97. The lowest BCUT2D eigenvalue weighted by molar-refractivity contribution is 0.199. The lowest BCUT2D eigenvalue weighted by Gasteiger charge is -2.01. The molecule has 2 aromatic rings. The average molecular weight is 347 g/mol. The predicted octanol–water partition coefficient (Wildman–Crippen LogP) is 3.41. The number of nitrogens with one attached hydrogen (secondary N) is 1. The minimum atomic E-state index is 0.755. The summed E-state index contributed by atoms with van der Waals surface area (Å²) >= 11 is 6.87. The molecule has 0 bridgehead atoms. The first-order valence-electron chi connectivity index (χ1n) is 5.68. The van der Waals surface area contributed by atoms with E-state index < -0.39 is 0 Å². The second kappa shape index (κ2) is 7.35. The van der Waals surface area contributed by atoms with Crippen LogP contribution in [-0.4, -0.2) is 31.8 Å². The summed E-state index contributed by atoms with van der Waals surface area (Å²) in [6, 6.07) is 2.12. The Morgan fingerprint density at radius 2 is 2.22 bits per heavy atom. The van der Waals surface area contributed by atoms with Crippen LogP contribution in [0.4, 0.5) is 0 Å². The topological polar surface area (TPSA) is 34.1 Å². The third-order valence-corrected chi connectivity index (χ3v) is 4.85. The van der Waals surface area contributed by atoms with E-state index in [0.717, 1.165) is 40.6 Å². The minimum absolute atomic E-state index is 0.755. The summed E-state index contributed by atoms with van der Waals surface area (Å²) in [6.45, 7) is 2.59. The molecule has 2 aromatic heterocycles. The molecule has 0 aromatic carbocycles. The van der Waals surface area contributed by atoms with E-state index in [1.54, 1.807) is 29.8 Å². The van der Waals surface area contributed by atoms with E-state index in [2.05, 4.69) is 43.1 Å². The van der Waals surface area contributed by atoms with Gasteiger partial charge in [-0.3, -0.25) is 0 Å². The van der Waals surface area contributed by atoms with E-state index in [1.165, 1.54) is 5.56 Å². The Balaban J connectivity index is 1.83. The number of halogens is 1. The van der Waals surface area contributed by atoms with E-state index in [9.17, 15) is 0 Å². The van der Waals surface area contributed by atoms with Crippen molar-refractivity contribution < 1.29 is 4.74 Å². The maximum atomic E-state index is 4.98. The molecule has 0 aliphatic heterocycles. The molecule has 0 aliphatic rings. The van der Waals surface area contributed by atoms with Crippen LogP contribution in [0.25, 0.3) is 10.6 Å². The quantitative estimate of drug-likeness (QED) is 0.780. The Morgan fingerprint density at radius 1 is 1.33 bits per heavy atom. The van der Waals surface area contributed by atoms with Gasteiger partial charge >= 0.3 is 0 Å². The molecular weight excluding hydrogens is 332 g/mol. The lowest BCUT2D eigenvalue weighted by Crippen LogP contribution is -2.21. The van der Waals surface area contributed by atoms with Gasteiger partial charge in [0.2, 0.25) is 0 Å². The first-order chi connectivity index (χ1) is 8.79. The maximum Gasteiger partial charge on any atom is 0.124 e. The molecule has 0 atom stereocenters. The van der Waals surface area contributed by atoms with Gasteiger partial charge in [0.1, 0.15) is 5.01 Å². The van der Waals surface area contributed by atoms with Crippen molar-refractivity contribution in [2.75, 3.05) is 26.8 Å². The van der Waals surface area contributed by atoms with Crippen LogP contribution in [0, 0.1) is 0 Å². The molecule has 3 nitrogen and oxygen atoms in total. The zero-order valence-corrected chi connectivity index (χ0v) is 13.3. The van der Waals surface area contributed by atoms with Crippen molar-refractivity contribution in [3.05, 3.63) is 26.3 Å². The second-order valence-corrected chi connectivity index (χ2v) is 6.92. The molecule has 18 heavy (non-hydrogen) atoms. The van der Waals surface area contributed by atoms with Crippen molar-refractivity contribution in [3.63, 3.8) is 0 Å². The van der Waals surface area contributed by atoms with Gasteiger partial charge in [-0.1, -0.05) is 0 Å². The van der Waals surface area contributed by atoms with Crippen LogP contribution in [0.5, 0.6) is 0 Å². The maximum absolute atomic E-state index is 4.98. The minimum Gasteiger partial charge on any atom is -0.383 e. The number of hydrogen-bond donors (Lipinski definition) is 1. The van der Waals surface area contributed by atoms with Gasteiger partial charge in [-0.05, 0) is 22.0 Å². The molecular formula is C12H15BrN2OS2. The standard InChI is InChI=1S/C12H15BrN2OS2/c1-16-5-4-14-3-2-10-8-18-12(15-10)9-6-11(13)17-7-9/h6-8,14H,2-5H2,1H3. The van der Waals surface area contributed by atoms with Crippen molar-refractivity contribution in [1.29, 1.82) is 0 Å². The zero-order chi connectivity index (χ0) is 12.8. The van der Waals surface area contributed by atoms with Crippen LogP contribution < -0.4 is 5.32 Å². The summed E-state index contributed by atoms with van der Waals surface area (Å²) < 4.78 is 6.13. The Kier molecular flexibility index (Phi) is 5.78. The monoisotopic (exact) mass is 346 g/mol. The molecule has 0 amide bonds. The van der Waals surface area contributed by atoms with Gasteiger partial charge in [-0.15, -0.1) is 22.7 Å².